The molecular weight excluding hydrogens is 278 g/mol. The number of sulfonamides is 1. The van der Waals surface area contributed by atoms with E-state index in [4.69, 9.17) is 0 Å². The molecule has 8 heteroatoms. The highest BCUT2D eigenvalue weighted by molar-refractivity contribution is 7.92. The van der Waals surface area contributed by atoms with Crippen LogP contribution in [0.25, 0.3) is 0 Å². The van der Waals surface area contributed by atoms with E-state index in [2.05, 4.69) is 25.2 Å². The fourth-order valence-electron chi connectivity index (χ4n) is 2.08. The van der Waals surface area contributed by atoms with E-state index >= 15 is 0 Å². The van der Waals surface area contributed by atoms with Crippen LogP contribution in [0.5, 0.6) is 0 Å². The first-order valence-electron chi connectivity index (χ1n) is 6.18. The van der Waals surface area contributed by atoms with Crippen molar-refractivity contribution in [3.8, 4) is 0 Å². The zero-order valence-electron chi connectivity index (χ0n) is 10.6. The largest absolute Gasteiger partial charge is 0.385 e. The van der Waals surface area contributed by atoms with Gasteiger partial charge in [-0.05, 0) is 30.5 Å². The summed E-state index contributed by atoms with van der Waals surface area (Å²) in [5.41, 5.74) is 2.00. The van der Waals surface area contributed by atoms with Crippen molar-refractivity contribution in [2.45, 2.75) is 17.7 Å². The average Bonchev–Trinajstić information content (AvgIpc) is 2.47. The van der Waals surface area contributed by atoms with E-state index < -0.39 is 10.0 Å². The van der Waals surface area contributed by atoms with Crippen LogP contribution >= 0.6 is 0 Å². The van der Waals surface area contributed by atoms with Gasteiger partial charge in [0.1, 0.15) is 0 Å². The summed E-state index contributed by atoms with van der Waals surface area (Å²) in [5.74, 6) is -0.0434. The molecule has 0 atom stereocenters. The van der Waals surface area contributed by atoms with Gasteiger partial charge < -0.3 is 5.32 Å². The van der Waals surface area contributed by atoms with E-state index in [1.165, 1.54) is 12.4 Å². The monoisotopic (exact) mass is 291 g/mol. The van der Waals surface area contributed by atoms with Gasteiger partial charge in [-0.2, -0.15) is 5.10 Å². The number of fused-ring (bicyclic) bond motifs is 1. The van der Waals surface area contributed by atoms with Crippen molar-refractivity contribution >= 4 is 21.7 Å². The van der Waals surface area contributed by atoms with Crippen LogP contribution in [0.1, 0.15) is 12.0 Å². The Morgan fingerprint density at radius 2 is 2.15 bits per heavy atom. The van der Waals surface area contributed by atoms with Gasteiger partial charge in [0.25, 0.3) is 16.0 Å². The van der Waals surface area contributed by atoms with Crippen molar-refractivity contribution in [1.82, 2.24) is 15.2 Å². The number of aromatic nitrogens is 3. The Labute approximate surface area is 116 Å². The Hall–Kier alpha value is -2.22. The number of hydrogen-bond acceptors (Lipinski definition) is 6. The van der Waals surface area contributed by atoms with Gasteiger partial charge in [0, 0.05) is 12.2 Å². The minimum absolute atomic E-state index is 0.0434. The summed E-state index contributed by atoms with van der Waals surface area (Å²) < 4.78 is 26.8. The van der Waals surface area contributed by atoms with Gasteiger partial charge in [-0.15, -0.1) is 5.10 Å². The maximum Gasteiger partial charge on any atom is 0.264 e. The molecule has 7 nitrogen and oxygen atoms in total. The van der Waals surface area contributed by atoms with Crippen LogP contribution in [-0.2, 0) is 16.4 Å². The molecule has 20 heavy (non-hydrogen) atoms. The topological polar surface area (TPSA) is 96.9 Å². The van der Waals surface area contributed by atoms with Gasteiger partial charge >= 0.3 is 0 Å². The molecule has 104 valence electrons. The molecule has 0 aliphatic carbocycles. The Morgan fingerprint density at radius 3 is 2.95 bits per heavy atom. The van der Waals surface area contributed by atoms with E-state index in [0.717, 1.165) is 30.6 Å². The molecule has 0 saturated heterocycles. The van der Waals surface area contributed by atoms with Gasteiger partial charge in [-0.3, -0.25) is 0 Å². The van der Waals surface area contributed by atoms with Crippen LogP contribution in [0.3, 0.4) is 0 Å². The molecule has 0 spiro atoms. The van der Waals surface area contributed by atoms with E-state index in [-0.39, 0.29) is 10.8 Å². The van der Waals surface area contributed by atoms with Crippen molar-refractivity contribution in [1.29, 1.82) is 0 Å². The third kappa shape index (κ3) is 2.55. The second-order valence-corrected chi connectivity index (χ2v) is 6.10. The number of nitrogens with zero attached hydrogens (tertiary/aromatic N) is 3. The SMILES string of the molecule is O=S(=O)(Nc1nccnn1)c1ccc2c(c1)NCCC2. The molecule has 0 amide bonds. The lowest BCUT2D eigenvalue weighted by Gasteiger charge is -2.18. The molecule has 0 bridgehead atoms. The highest BCUT2D eigenvalue weighted by atomic mass is 32.2. The highest BCUT2D eigenvalue weighted by Gasteiger charge is 2.18. The van der Waals surface area contributed by atoms with Gasteiger partial charge in [0.05, 0.1) is 17.3 Å². The second-order valence-electron chi connectivity index (χ2n) is 4.42. The number of benzene rings is 1. The molecule has 2 heterocycles. The predicted molar refractivity (Wildman–Crippen MR) is 73.9 cm³/mol. The fraction of sp³-hybridized carbons (Fsp3) is 0.250. The molecule has 1 aliphatic heterocycles. The first kappa shape index (κ1) is 12.8. The lowest BCUT2D eigenvalue weighted by molar-refractivity contribution is 0.600. The van der Waals surface area contributed by atoms with E-state index in [9.17, 15) is 8.42 Å². The molecule has 2 N–H and O–H groups in total. The quantitative estimate of drug-likeness (QED) is 0.876. The predicted octanol–water partition coefficient (Wildman–Crippen LogP) is 1.03. The maximum absolute atomic E-state index is 12.2. The standard InChI is InChI=1S/C12H13N5O2S/c18-20(19,17-12-14-6-7-15-16-12)10-4-3-9-2-1-5-13-11(9)8-10/h3-4,6-8,13H,1-2,5H2,(H,14,16,17). The molecule has 1 aliphatic rings. The van der Waals surface area contributed by atoms with E-state index in [1.54, 1.807) is 12.1 Å². The molecule has 1 aromatic carbocycles. The van der Waals surface area contributed by atoms with Crippen molar-refractivity contribution in [3.05, 3.63) is 36.2 Å². The minimum Gasteiger partial charge on any atom is -0.385 e. The zero-order valence-corrected chi connectivity index (χ0v) is 11.4. The molecule has 0 fully saturated rings. The van der Waals surface area contributed by atoms with E-state index in [1.807, 2.05) is 6.07 Å². The van der Waals surface area contributed by atoms with Crippen molar-refractivity contribution < 1.29 is 8.42 Å². The van der Waals surface area contributed by atoms with Crippen LogP contribution in [-0.4, -0.2) is 30.1 Å². The van der Waals surface area contributed by atoms with Crippen LogP contribution in [0.4, 0.5) is 11.6 Å². The molecule has 0 unspecified atom stereocenters. The lowest BCUT2D eigenvalue weighted by atomic mass is 10.0. The first-order valence-corrected chi connectivity index (χ1v) is 7.67. The molecule has 1 aromatic heterocycles. The fourth-order valence-corrected chi connectivity index (χ4v) is 3.05. The summed E-state index contributed by atoms with van der Waals surface area (Å²) in [4.78, 5) is 3.98. The minimum atomic E-state index is -3.70. The molecular formula is C12H13N5O2S. The average molecular weight is 291 g/mol. The summed E-state index contributed by atoms with van der Waals surface area (Å²) in [6, 6.07) is 5.05. The van der Waals surface area contributed by atoms with Crippen LogP contribution in [0, 0.1) is 0 Å². The third-order valence-electron chi connectivity index (χ3n) is 3.04. The number of nitrogens with one attached hydrogen (secondary N) is 2. The number of aryl methyl sites for hydroxylation is 1. The number of anilines is 2. The third-order valence-corrected chi connectivity index (χ3v) is 4.36. The molecule has 0 radical (unpaired) electrons. The molecule has 2 aromatic rings. The van der Waals surface area contributed by atoms with Crippen molar-refractivity contribution in [2.24, 2.45) is 0 Å². The smallest absolute Gasteiger partial charge is 0.264 e. The summed E-state index contributed by atoms with van der Waals surface area (Å²) in [5, 5.41) is 10.4. The zero-order chi connectivity index (χ0) is 14.0. The summed E-state index contributed by atoms with van der Waals surface area (Å²) >= 11 is 0. The Kier molecular flexibility index (Phi) is 3.23. The maximum atomic E-state index is 12.2. The van der Waals surface area contributed by atoms with Crippen molar-refractivity contribution in [2.75, 3.05) is 16.6 Å². The summed E-state index contributed by atoms with van der Waals surface area (Å²) in [6.07, 6.45) is 4.77. The van der Waals surface area contributed by atoms with Gasteiger partial charge in [0.15, 0.2) is 0 Å². The Bertz CT molecular complexity index is 718. The Morgan fingerprint density at radius 1 is 1.25 bits per heavy atom. The lowest BCUT2D eigenvalue weighted by Crippen LogP contribution is -2.17. The van der Waals surface area contributed by atoms with Crippen LogP contribution in [0.2, 0.25) is 0 Å². The van der Waals surface area contributed by atoms with Gasteiger partial charge in [-0.1, -0.05) is 6.07 Å². The van der Waals surface area contributed by atoms with Crippen molar-refractivity contribution in [3.63, 3.8) is 0 Å². The molecule has 3 rings (SSSR count). The molecule has 0 saturated carbocycles. The second kappa shape index (κ2) is 5.04. The number of rotatable bonds is 3. The Balaban J connectivity index is 1.91. The highest BCUT2D eigenvalue weighted by Crippen LogP contribution is 2.25. The summed E-state index contributed by atoms with van der Waals surface area (Å²) in [6.45, 7) is 0.857. The normalized spacial score (nSPS) is 14.2. The number of hydrogen-bond donors (Lipinski definition) is 2. The van der Waals surface area contributed by atoms with Crippen LogP contribution in [0.15, 0.2) is 35.5 Å². The van der Waals surface area contributed by atoms with E-state index in [0.29, 0.717) is 0 Å². The van der Waals surface area contributed by atoms with Crippen LogP contribution < -0.4 is 10.0 Å². The summed E-state index contributed by atoms with van der Waals surface area (Å²) in [7, 11) is -3.70. The van der Waals surface area contributed by atoms with Gasteiger partial charge in [0.2, 0.25) is 0 Å². The first-order chi connectivity index (χ1) is 9.65. The van der Waals surface area contributed by atoms with Gasteiger partial charge in [-0.25, -0.2) is 18.1 Å².